The van der Waals surface area contributed by atoms with Crippen molar-refractivity contribution in [2.75, 3.05) is 6.61 Å². The van der Waals surface area contributed by atoms with Crippen molar-refractivity contribution in [3.05, 3.63) is 119 Å². The third kappa shape index (κ3) is 7.87. The molecule has 3 aromatic carbocycles. The molecule has 1 unspecified atom stereocenters. The standard InChI is InChI=1S/C31H31NO6/c1-22-10-14-25(15-11-22)29(34)36-21-27(33)28(38-30(35)26-16-12-23(2)13-17-26)31(3,18-7-19-32)37-20-24-8-5-4-6-9-24/h4-18,27-28,33H,20-21H2,1-3H3/b18-7+/t27?,28-,31+/m1/s1. The van der Waals surface area contributed by atoms with E-state index in [1.54, 1.807) is 55.5 Å². The molecule has 0 aliphatic carbocycles. The van der Waals surface area contributed by atoms with E-state index in [0.29, 0.717) is 5.56 Å². The minimum atomic E-state index is -1.47. The summed E-state index contributed by atoms with van der Waals surface area (Å²) in [5.74, 6) is -1.33. The molecule has 7 heteroatoms. The molecule has 0 radical (unpaired) electrons. The minimum absolute atomic E-state index is 0.113. The monoisotopic (exact) mass is 513 g/mol. The highest BCUT2D eigenvalue weighted by molar-refractivity contribution is 5.90. The van der Waals surface area contributed by atoms with E-state index >= 15 is 0 Å². The SMILES string of the molecule is Cc1ccc(C(=O)OCC(O)[C@@H](OC(=O)c2ccc(C)cc2)[C@](C)(/C=C/C#N)OCc2ccccc2)cc1. The van der Waals surface area contributed by atoms with Crippen LogP contribution in [-0.4, -0.2) is 41.5 Å². The van der Waals surface area contributed by atoms with Gasteiger partial charge in [0.1, 0.15) is 18.3 Å². The number of carbonyl (C=O) groups excluding carboxylic acids is 2. The van der Waals surface area contributed by atoms with Crippen molar-refractivity contribution in [2.24, 2.45) is 0 Å². The van der Waals surface area contributed by atoms with Gasteiger partial charge in [-0.05, 0) is 56.7 Å². The largest absolute Gasteiger partial charge is 0.459 e. The van der Waals surface area contributed by atoms with Crippen LogP contribution in [-0.2, 0) is 20.8 Å². The normalized spacial score (nSPS) is 14.2. The molecule has 0 aliphatic heterocycles. The number of aryl methyl sites for hydroxylation is 2. The Hall–Kier alpha value is -4.25. The second-order valence-electron chi connectivity index (χ2n) is 9.14. The number of hydrogen-bond acceptors (Lipinski definition) is 7. The maximum absolute atomic E-state index is 13.1. The summed E-state index contributed by atoms with van der Waals surface area (Å²) in [6, 6.07) is 24.8. The topological polar surface area (TPSA) is 106 Å². The van der Waals surface area contributed by atoms with E-state index < -0.39 is 36.4 Å². The number of hydrogen-bond donors (Lipinski definition) is 1. The van der Waals surface area contributed by atoms with E-state index in [9.17, 15) is 20.0 Å². The molecule has 0 amide bonds. The van der Waals surface area contributed by atoms with Crippen molar-refractivity contribution in [3.63, 3.8) is 0 Å². The predicted molar refractivity (Wildman–Crippen MR) is 142 cm³/mol. The first kappa shape index (κ1) is 28.3. The van der Waals surface area contributed by atoms with Gasteiger partial charge in [0.15, 0.2) is 6.10 Å². The summed E-state index contributed by atoms with van der Waals surface area (Å²) in [4.78, 5) is 25.6. The summed E-state index contributed by atoms with van der Waals surface area (Å²) in [7, 11) is 0. The second-order valence-corrected chi connectivity index (χ2v) is 9.14. The van der Waals surface area contributed by atoms with Crippen LogP contribution in [0.2, 0.25) is 0 Å². The summed E-state index contributed by atoms with van der Waals surface area (Å²) in [6.45, 7) is 5.04. The summed E-state index contributed by atoms with van der Waals surface area (Å²) < 4.78 is 17.3. The van der Waals surface area contributed by atoms with Crippen LogP contribution in [0, 0.1) is 25.2 Å². The van der Waals surface area contributed by atoms with Gasteiger partial charge in [-0.1, -0.05) is 65.7 Å². The van der Waals surface area contributed by atoms with Gasteiger partial charge >= 0.3 is 11.9 Å². The van der Waals surface area contributed by atoms with Gasteiger partial charge in [-0.15, -0.1) is 0 Å². The van der Waals surface area contributed by atoms with E-state index in [-0.39, 0.29) is 12.2 Å². The Balaban J connectivity index is 1.86. The number of carbonyl (C=O) groups is 2. The Labute approximate surface area is 222 Å². The fraction of sp³-hybridized carbons (Fsp3) is 0.258. The van der Waals surface area contributed by atoms with Crippen LogP contribution in [0.4, 0.5) is 0 Å². The van der Waals surface area contributed by atoms with Gasteiger partial charge in [-0.3, -0.25) is 0 Å². The highest BCUT2D eigenvalue weighted by atomic mass is 16.6. The van der Waals surface area contributed by atoms with Gasteiger partial charge in [0, 0.05) is 6.08 Å². The zero-order chi connectivity index (χ0) is 27.5. The van der Waals surface area contributed by atoms with Crippen molar-refractivity contribution in [3.8, 4) is 6.07 Å². The molecule has 0 fully saturated rings. The lowest BCUT2D eigenvalue weighted by molar-refractivity contribution is -0.143. The summed E-state index contributed by atoms with van der Waals surface area (Å²) in [5.41, 5.74) is 1.95. The first-order chi connectivity index (χ1) is 18.2. The third-order valence-corrected chi connectivity index (χ3v) is 5.99. The second kappa shape index (κ2) is 13.3. The molecule has 0 aromatic heterocycles. The number of aliphatic hydroxyl groups is 1. The lowest BCUT2D eigenvalue weighted by Crippen LogP contribution is -2.52. The van der Waals surface area contributed by atoms with Gasteiger partial charge in [-0.2, -0.15) is 5.26 Å². The molecule has 0 saturated carbocycles. The molecule has 0 spiro atoms. The number of allylic oxidation sites excluding steroid dienone is 1. The van der Waals surface area contributed by atoms with Gasteiger partial charge in [0.2, 0.25) is 0 Å². The molecule has 0 aliphatic rings. The number of nitriles is 1. The molecule has 38 heavy (non-hydrogen) atoms. The summed E-state index contributed by atoms with van der Waals surface area (Å²) >= 11 is 0. The van der Waals surface area contributed by atoms with E-state index in [2.05, 4.69) is 0 Å². The van der Waals surface area contributed by atoms with Crippen molar-refractivity contribution >= 4 is 11.9 Å². The van der Waals surface area contributed by atoms with E-state index in [1.807, 2.05) is 50.2 Å². The van der Waals surface area contributed by atoms with E-state index in [1.165, 1.54) is 12.2 Å². The van der Waals surface area contributed by atoms with Gasteiger partial charge in [0.05, 0.1) is 23.8 Å². The number of aliphatic hydroxyl groups excluding tert-OH is 1. The Morgan fingerprint density at radius 1 is 0.921 bits per heavy atom. The molecular weight excluding hydrogens is 482 g/mol. The third-order valence-electron chi connectivity index (χ3n) is 5.99. The van der Waals surface area contributed by atoms with Crippen LogP contribution in [0.5, 0.6) is 0 Å². The Bertz CT molecular complexity index is 1280. The van der Waals surface area contributed by atoms with E-state index in [0.717, 1.165) is 16.7 Å². The number of esters is 2. The average Bonchev–Trinajstić information content (AvgIpc) is 2.93. The minimum Gasteiger partial charge on any atom is -0.459 e. The lowest BCUT2D eigenvalue weighted by atomic mass is 9.93. The van der Waals surface area contributed by atoms with Crippen molar-refractivity contribution in [1.82, 2.24) is 0 Å². The Morgan fingerprint density at radius 3 is 2.03 bits per heavy atom. The molecule has 3 atom stereocenters. The fourth-order valence-corrected chi connectivity index (χ4v) is 3.71. The maximum atomic E-state index is 13.1. The van der Waals surface area contributed by atoms with Crippen LogP contribution < -0.4 is 0 Å². The number of nitrogens with zero attached hydrogens (tertiary/aromatic N) is 1. The molecule has 0 heterocycles. The molecule has 7 nitrogen and oxygen atoms in total. The average molecular weight is 514 g/mol. The summed E-state index contributed by atoms with van der Waals surface area (Å²) in [6.07, 6.45) is -0.171. The van der Waals surface area contributed by atoms with E-state index in [4.69, 9.17) is 14.2 Å². The van der Waals surface area contributed by atoms with Gasteiger partial charge in [0.25, 0.3) is 0 Å². The maximum Gasteiger partial charge on any atom is 0.338 e. The van der Waals surface area contributed by atoms with Crippen LogP contribution in [0.25, 0.3) is 0 Å². The van der Waals surface area contributed by atoms with Crippen LogP contribution in [0.1, 0.15) is 44.3 Å². The zero-order valence-electron chi connectivity index (χ0n) is 21.7. The van der Waals surface area contributed by atoms with Gasteiger partial charge in [-0.25, -0.2) is 9.59 Å². The molecule has 1 N–H and O–H groups in total. The molecule has 196 valence electrons. The van der Waals surface area contributed by atoms with Crippen molar-refractivity contribution in [1.29, 1.82) is 5.26 Å². The number of ether oxygens (including phenoxy) is 3. The molecule has 0 saturated heterocycles. The smallest absolute Gasteiger partial charge is 0.338 e. The molecular formula is C31H31NO6. The van der Waals surface area contributed by atoms with Crippen molar-refractivity contribution < 1.29 is 28.9 Å². The number of benzene rings is 3. The molecule has 0 bridgehead atoms. The Kier molecular flexibility index (Phi) is 9.94. The van der Waals surface area contributed by atoms with Crippen molar-refractivity contribution in [2.45, 2.75) is 45.2 Å². The predicted octanol–water partition coefficient (Wildman–Crippen LogP) is 5.10. The quantitative estimate of drug-likeness (QED) is 0.281. The summed E-state index contributed by atoms with van der Waals surface area (Å²) in [5, 5.41) is 20.4. The fourth-order valence-electron chi connectivity index (χ4n) is 3.71. The highest BCUT2D eigenvalue weighted by Gasteiger charge is 2.42. The van der Waals surface area contributed by atoms with Crippen LogP contribution in [0.15, 0.2) is 91.0 Å². The lowest BCUT2D eigenvalue weighted by Gasteiger charge is -2.37. The first-order valence-electron chi connectivity index (χ1n) is 12.2. The zero-order valence-corrected chi connectivity index (χ0v) is 21.7. The Morgan fingerprint density at radius 2 is 1.47 bits per heavy atom. The molecule has 3 aromatic rings. The highest BCUT2D eigenvalue weighted by Crippen LogP contribution is 2.27. The van der Waals surface area contributed by atoms with Crippen LogP contribution in [0.3, 0.4) is 0 Å². The molecule has 3 rings (SSSR count). The first-order valence-corrected chi connectivity index (χ1v) is 12.2. The van der Waals surface area contributed by atoms with Crippen LogP contribution >= 0.6 is 0 Å². The number of rotatable bonds is 11. The van der Waals surface area contributed by atoms with Gasteiger partial charge < -0.3 is 19.3 Å².